The van der Waals surface area contributed by atoms with Gasteiger partial charge in [0.1, 0.15) is 0 Å². The summed E-state index contributed by atoms with van der Waals surface area (Å²) in [5.74, 6) is 0.154. The van der Waals surface area contributed by atoms with Crippen molar-refractivity contribution in [3.8, 4) is 11.4 Å². The lowest BCUT2D eigenvalue weighted by atomic mass is 10.2. The fourth-order valence-corrected chi connectivity index (χ4v) is 1.95. The molecule has 0 saturated heterocycles. The highest BCUT2D eigenvalue weighted by atomic mass is 19.1. The number of hydrogen-bond acceptors (Lipinski definition) is 4. The number of nitrogens with zero attached hydrogens (tertiary/aromatic N) is 4. The Hall–Kier alpha value is -1.82. The first-order valence-corrected chi connectivity index (χ1v) is 5.50. The Morgan fingerprint density at radius 2 is 2.29 bits per heavy atom. The molecule has 0 unspecified atom stereocenters. The van der Waals surface area contributed by atoms with Crippen LogP contribution >= 0.6 is 0 Å². The van der Waals surface area contributed by atoms with Gasteiger partial charge in [0, 0.05) is 13.1 Å². The molecular weight excluding hydrogens is 221 g/mol. The highest BCUT2D eigenvalue weighted by Crippen LogP contribution is 2.21. The summed E-state index contributed by atoms with van der Waals surface area (Å²) in [6.45, 7) is 4.14. The molecule has 0 aliphatic carbocycles. The second kappa shape index (κ2) is 3.89. The molecule has 17 heavy (non-hydrogen) atoms. The van der Waals surface area contributed by atoms with Crippen LogP contribution in [-0.4, -0.2) is 26.3 Å². The fourth-order valence-electron chi connectivity index (χ4n) is 1.95. The van der Waals surface area contributed by atoms with Crippen LogP contribution in [0.1, 0.15) is 11.4 Å². The van der Waals surface area contributed by atoms with Crippen molar-refractivity contribution in [2.24, 2.45) is 0 Å². The number of aromatic nitrogens is 4. The lowest BCUT2D eigenvalue weighted by Crippen LogP contribution is -2.28. The molecule has 0 radical (unpaired) electrons. The van der Waals surface area contributed by atoms with Gasteiger partial charge in [0.05, 0.1) is 35.9 Å². The predicted molar refractivity (Wildman–Crippen MR) is 59.7 cm³/mol. The molecule has 1 N–H and O–H groups in total. The smallest absolute Gasteiger partial charge is 0.163 e. The molecule has 2 aromatic heterocycles. The van der Waals surface area contributed by atoms with Crippen molar-refractivity contribution in [1.82, 2.24) is 25.1 Å². The van der Waals surface area contributed by atoms with Crippen molar-refractivity contribution in [3.05, 3.63) is 29.6 Å². The maximum absolute atomic E-state index is 13.1. The molecule has 2 aromatic rings. The topological polar surface area (TPSA) is 55.6 Å². The first-order valence-electron chi connectivity index (χ1n) is 5.50. The zero-order valence-electron chi connectivity index (χ0n) is 9.44. The normalized spacial score (nSPS) is 14.7. The van der Waals surface area contributed by atoms with Gasteiger partial charge in [0.15, 0.2) is 11.6 Å². The van der Waals surface area contributed by atoms with Crippen LogP contribution < -0.4 is 5.32 Å². The zero-order chi connectivity index (χ0) is 11.8. The second-order valence-corrected chi connectivity index (χ2v) is 4.03. The molecule has 1 aliphatic rings. The van der Waals surface area contributed by atoms with Gasteiger partial charge >= 0.3 is 0 Å². The molecule has 0 aromatic carbocycles. The Labute approximate surface area is 97.7 Å². The summed E-state index contributed by atoms with van der Waals surface area (Å²) < 4.78 is 15.1. The standard InChI is InChI=1S/C11H12FN5/c1-7-9(12)5-14-11(16-7)8-4-15-17-3-2-13-6-10(8)17/h4-5,13H,2-3,6H2,1H3. The lowest BCUT2D eigenvalue weighted by molar-refractivity contribution is 0.476. The number of aryl methyl sites for hydroxylation is 1. The summed E-state index contributed by atoms with van der Waals surface area (Å²) in [6, 6.07) is 0. The summed E-state index contributed by atoms with van der Waals surface area (Å²) in [5.41, 5.74) is 2.29. The first-order chi connectivity index (χ1) is 8.25. The largest absolute Gasteiger partial charge is 0.309 e. The predicted octanol–water partition coefficient (Wildman–Crippen LogP) is 0.891. The molecule has 0 spiro atoms. The molecule has 0 saturated carbocycles. The highest BCUT2D eigenvalue weighted by molar-refractivity contribution is 5.57. The van der Waals surface area contributed by atoms with Gasteiger partial charge < -0.3 is 5.32 Å². The van der Waals surface area contributed by atoms with Gasteiger partial charge in [-0.15, -0.1) is 0 Å². The minimum absolute atomic E-state index is 0.360. The third kappa shape index (κ3) is 1.70. The summed E-state index contributed by atoms with van der Waals surface area (Å²) in [4.78, 5) is 8.18. The van der Waals surface area contributed by atoms with Crippen molar-refractivity contribution in [2.75, 3.05) is 6.54 Å². The lowest BCUT2D eigenvalue weighted by Gasteiger charge is -2.15. The van der Waals surface area contributed by atoms with E-state index in [0.29, 0.717) is 11.5 Å². The van der Waals surface area contributed by atoms with Gasteiger partial charge in [-0.25, -0.2) is 14.4 Å². The number of halogens is 1. The quantitative estimate of drug-likeness (QED) is 0.794. The number of nitrogens with one attached hydrogen (secondary N) is 1. The Kier molecular flexibility index (Phi) is 2.36. The van der Waals surface area contributed by atoms with Gasteiger partial charge in [0.2, 0.25) is 0 Å². The van der Waals surface area contributed by atoms with Crippen LogP contribution in [0.15, 0.2) is 12.4 Å². The van der Waals surface area contributed by atoms with Crippen LogP contribution in [0.3, 0.4) is 0 Å². The van der Waals surface area contributed by atoms with E-state index in [1.165, 1.54) is 6.20 Å². The van der Waals surface area contributed by atoms with Crippen LogP contribution in [0.25, 0.3) is 11.4 Å². The molecule has 88 valence electrons. The van der Waals surface area contributed by atoms with Crippen molar-refractivity contribution in [1.29, 1.82) is 0 Å². The minimum atomic E-state index is -0.382. The van der Waals surface area contributed by atoms with E-state index in [1.807, 2.05) is 4.68 Å². The molecule has 1 aliphatic heterocycles. The third-order valence-corrected chi connectivity index (χ3v) is 2.90. The average Bonchev–Trinajstić information content (AvgIpc) is 2.76. The van der Waals surface area contributed by atoms with Gasteiger partial charge in [-0.1, -0.05) is 0 Å². The maximum atomic E-state index is 13.1. The van der Waals surface area contributed by atoms with E-state index in [-0.39, 0.29) is 5.82 Å². The number of hydrogen-bond donors (Lipinski definition) is 1. The van der Waals surface area contributed by atoms with Crippen LogP contribution in [0.5, 0.6) is 0 Å². The summed E-state index contributed by atoms with van der Waals surface area (Å²) >= 11 is 0. The van der Waals surface area contributed by atoms with Crippen LogP contribution in [0, 0.1) is 12.7 Å². The fraction of sp³-hybridized carbons (Fsp3) is 0.364. The van der Waals surface area contributed by atoms with E-state index in [9.17, 15) is 4.39 Å². The molecule has 3 heterocycles. The summed E-state index contributed by atoms with van der Waals surface area (Å²) in [6.07, 6.45) is 2.95. The molecule has 0 amide bonds. The molecule has 0 bridgehead atoms. The van der Waals surface area contributed by atoms with Crippen molar-refractivity contribution in [2.45, 2.75) is 20.0 Å². The number of fused-ring (bicyclic) bond motifs is 1. The second-order valence-electron chi connectivity index (χ2n) is 4.03. The zero-order valence-corrected chi connectivity index (χ0v) is 9.44. The first kappa shape index (κ1) is 10.3. The van der Waals surface area contributed by atoms with Crippen LogP contribution in [0.4, 0.5) is 4.39 Å². The van der Waals surface area contributed by atoms with Crippen LogP contribution in [0.2, 0.25) is 0 Å². The monoisotopic (exact) mass is 233 g/mol. The maximum Gasteiger partial charge on any atom is 0.163 e. The van der Waals surface area contributed by atoms with E-state index >= 15 is 0 Å². The van der Waals surface area contributed by atoms with E-state index in [0.717, 1.165) is 30.9 Å². The third-order valence-electron chi connectivity index (χ3n) is 2.90. The molecule has 0 fully saturated rings. The minimum Gasteiger partial charge on any atom is -0.309 e. The summed E-state index contributed by atoms with van der Waals surface area (Å²) in [7, 11) is 0. The van der Waals surface area contributed by atoms with Crippen molar-refractivity contribution < 1.29 is 4.39 Å². The van der Waals surface area contributed by atoms with Crippen molar-refractivity contribution >= 4 is 0 Å². The van der Waals surface area contributed by atoms with Gasteiger partial charge in [-0.05, 0) is 6.92 Å². The molecule has 5 nitrogen and oxygen atoms in total. The Morgan fingerprint density at radius 3 is 3.12 bits per heavy atom. The van der Waals surface area contributed by atoms with E-state index in [4.69, 9.17) is 0 Å². The van der Waals surface area contributed by atoms with E-state index in [2.05, 4.69) is 20.4 Å². The summed E-state index contributed by atoms with van der Waals surface area (Å²) in [5, 5.41) is 7.56. The Morgan fingerprint density at radius 1 is 1.41 bits per heavy atom. The average molecular weight is 233 g/mol. The number of rotatable bonds is 1. The van der Waals surface area contributed by atoms with Crippen molar-refractivity contribution in [3.63, 3.8) is 0 Å². The van der Waals surface area contributed by atoms with E-state index in [1.54, 1.807) is 13.1 Å². The molecule has 0 atom stereocenters. The molecule has 3 rings (SSSR count). The molecule has 6 heteroatoms. The van der Waals surface area contributed by atoms with Gasteiger partial charge in [0.25, 0.3) is 0 Å². The van der Waals surface area contributed by atoms with Gasteiger partial charge in [-0.3, -0.25) is 4.68 Å². The highest BCUT2D eigenvalue weighted by Gasteiger charge is 2.17. The Balaban J connectivity index is 2.09. The Bertz CT molecular complexity index is 563. The molecular formula is C11H12FN5. The van der Waals surface area contributed by atoms with Gasteiger partial charge in [-0.2, -0.15) is 5.10 Å². The van der Waals surface area contributed by atoms with Crippen LogP contribution in [-0.2, 0) is 13.1 Å². The van der Waals surface area contributed by atoms with E-state index < -0.39 is 0 Å². The SMILES string of the molecule is Cc1nc(-c2cnn3c2CNCC3)ncc1F.